The van der Waals surface area contributed by atoms with Gasteiger partial charge >= 0.3 is 6.03 Å². The molecule has 0 aromatic heterocycles. The van der Waals surface area contributed by atoms with Crippen molar-refractivity contribution in [2.75, 3.05) is 19.0 Å². The second kappa shape index (κ2) is 7.68. The van der Waals surface area contributed by atoms with Gasteiger partial charge in [-0.1, -0.05) is 54.6 Å². The number of carbonyl (C=O) groups excluding carboxylic acids is 1. The molecule has 3 aromatic carbocycles. The van der Waals surface area contributed by atoms with Crippen LogP contribution in [-0.2, 0) is 0 Å². The molecule has 0 fully saturated rings. The lowest BCUT2D eigenvalue weighted by Crippen LogP contribution is -2.32. The lowest BCUT2D eigenvalue weighted by molar-refractivity contribution is 0.171. The van der Waals surface area contributed by atoms with Gasteiger partial charge in [0, 0.05) is 17.5 Å². The lowest BCUT2D eigenvalue weighted by atomic mass is 10.1. The van der Waals surface area contributed by atoms with Crippen LogP contribution in [-0.4, -0.2) is 24.8 Å². The first-order valence-corrected chi connectivity index (χ1v) is 8.02. The van der Waals surface area contributed by atoms with E-state index in [1.807, 2.05) is 54.6 Å². The summed E-state index contributed by atoms with van der Waals surface area (Å²) in [6.45, 7) is 0.0803. The summed E-state index contributed by atoms with van der Waals surface area (Å²) in [7, 11) is 1.55. The first-order valence-electron chi connectivity index (χ1n) is 8.02. The third-order valence-electron chi connectivity index (χ3n) is 3.99. The minimum atomic E-state index is -0.852. The Hall–Kier alpha value is -3.05. The van der Waals surface area contributed by atoms with Gasteiger partial charge < -0.3 is 20.5 Å². The smallest absolute Gasteiger partial charge is 0.319 e. The molecule has 3 N–H and O–H groups in total. The van der Waals surface area contributed by atoms with E-state index in [0.29, 0.717) is 11.3 Å². The van der Waals surface area contributed by atoms with Gasteiger partial charge in [-0.05, 0) is 17.5 Å². The highest BCUT2D eigenvalue weighted by atomic mass is 16.5. The number of aliphatic hydroxyl groups excluding tert-OH is 1. The number of urea groups is 1. The average molecular weight is 336 g/mol. The first kappa shape index (κ1) is 16.8. The van der Waals surface area contributed by atoms with E-state index in [1.165, 1.54) is 0 Å². The summed E-state index contributed by atoms with van der Waals surface area (Å²) in [5.41, 5.74) is 1.36. The van der Waals surface area contributed by atoms with Gasteiger partial charge in [-0.25, -0.2) is 4.79 Å². The van der Waals surface area contributed by atoms with Crippen LogP contribution < -0.4 is 15.4 Å². The quantitative estimate of drug-likeness (QED) is 0.665. The van der Waals surface area contributed by atoms with E-state index in [2.05, 4.69) is 10.6 Å². The normalized spacial score (nSPS) is 11.8. The van der Waals surface area contributed by atoms with Gasteiger partial charge in [0.1, 0.15) is 5.75 Å². The van der Waals surface area contributed by atoms with Crippen LogP contribution >= 0.6 is 0 Å². The van der Waals surface area contributed by atoms with E-state index in [4.69, 9.17) is 4.74 Å². The van der Waals surface area contributed by atoms with Crippen molar-refractivity contribution in [3.05, 3.63) is 72.3 Å². The number of carbonyl (C=O) groups is 1. The van der Waals surface area contributed by atoms with E-state index in [1.54, 1.807) is 19.2 Å². The standard InChI is InChI=1S/C20H20N2O3/c1-25-19-12-5-4-10-16(19)18(23)13-21-20(24)22-17-11-6-8-14-7-2-3-9-15(14)17/h2-12,18,23H,13H2,1H3,(H2,21,22,24)/t18-/m0/s1. The average Bonchev–Trinajstić information content (AvgIpc) is 2.66. The molecule has 128 valence electrons. The zero-order chi connectivity index (χ0) is 17.6. The SMILES string of the molecule is COc1ccccc1[C@@H](O)CNC(=O)Nc1cccc2ccccc12. The van der Waals surface area contributed by atoms with Crippen LogP contribution in [0.3, 0.4) is 0 Å². The molecule has 0 aliphatic carbocycles. The van der Waals surface area contributed by atoms with Crippen LogP contribution in [0.4, 0.5) is 10.5 Å². The fourth-order valence-electron chi connectivity index (χ4n) is 2.74. The summed E-state index contributed by atoms with van der Waals surface area (Å²) in [5.74, 6) is 0.589. The van der Waals surface area contributed by atoms with Crippen LogP contribution in [0.25, 0.3) is 10.8 Å². The van der Waals surface area contributed by atoms with E-state index in [9.17, 15) is 9.90 Å². The Morgan fingerprint density at radius 3 is 2.60 bits per heavy atom. The maximum absolute atomic E-state index is 12.2. The maximum atomic E-state index is 12.2. The van der Waals surface area contributed by atoms with Crippen molar-refractivity contribution in [2.45, 2.75) is 6.10 Å². The number of amides is 2. The number of hydrogen-bond acceptors (Lipinski definition) is 3. The molecule has 0 heterocycles. The Bertz CT molecular complexity index is 874. The predicted octanol–water partition coefficient (Wildman–Crippen LogP) is 3.70. The van der Waals surface area contributed by atoms with Gasteiger partial charge in [0.25, 0.3) is 0 Å². The van der Waals surface area contributed by atoms with Crippen LogP contribution in [0.5, 0.6) is 5.75 Å². The van der Waals surface area contributed by atoms with Gasteiger partial charge in [0.2, 0.25) is 0 Å². The number of fused-ring (bicyclic) bond motifs is 1. The van der Waals surface area contributed by atoms with Gasteiger partial charge in [0.05, 0.1) is 18.9 Å². The summed E-state index contributed by atoms with van der Waals surface area (Å²) in [6.07, 6.45) is -0.852. The number of anilines is 1. The molecule has 0 spiro atoms. The molecule has 0 aliphatic rings. The van der Waals surface area contributed by atoms with Crippen molar-refractivity contribution in [2.24, 2.45) is 0 Å². The fourth-order valence-corrected chi connectivity index (χ4v) is 2.74. The number of benzene rings is 3. The molecule has 3 rings (SSSR count). The van der Waals surface area contributed by atoms with E-state index >= 15 is 0 Å². The largest absolute Gasteiger partial charge is 0.496 e. The van der Waals surface area contributed by atoms with Gasteiger partial charge in [0.15, 0.2) is 0 Å². The summed E-state index contributed by atoms with van der Waals surface area (Å²) in [4.78, 5) is 12.2. The van der Waals surface area contributed by atoms with Gasteiger partial charge in [-0.2, -0.15) is 0 Å². The Kier molecular flexibility index (Phi) is 5.16. The molecule has 0 saturated heterocycles. The highest BCUT2D eigenvalue weighted by Crippen LogP contribution is 2.25. The monoisotopic (exact) mass is 336 g/mol. The van der Waals surface area contributed by atoms with Gasteiger partial charge in [-0.3, -0.25) is 0 Å². The summed E-state index contributed by atoms with van der Waals surface area (Å²) in [6, 6.07) is 20.4. The molecule has 5 nitrogen and oxygen atoms in total. The highest BCUT2D eigenvalue weighted by molar-refractivity contribution is 6.01. The Labute approximate surface area is 146 Å². The molecule has 25 heavy (non-hydrogen) atoms. The van der Waals surface area contributed by atoms with E-state index in [0.717, 1.165) is 16.5 Å². The molecule has 0 bridgehead atoms. The number of ether oxygens (including phenoxy) is 1. The predicted molar refractivity (Wildman–Crippen MR) is 98.9 cm³/mol. The third-order valence-corrected chi connectivity index (χ3v) is 3.99. The Morgan fingerprint density at radius 1 is 1.04 bits per heavy atom. The number of aliphatic hydroxyl groups is 1. The maximum Gasteiger partial charge on any atom is 0.319 e. The van der Waals surface area contributed by atoms with Gasteiger partial charge in [-0.15, -0.1) is 0 Å². The van der Waals surface area contributed by atoms with Crippen molar-refractivity contribution >= 4 is 22.5 Å². The number of methoxy groups -OCH3 is 1. The minimum absolute atomic E-state index is 0.0803. The van der Waals surface area contributed by atoms with E-state index in [-0.39, 0.29) is 12.6 Å². The second-order valence-electron chi connectivity index (χ2n) is 5.62. The van der Waals surface area contributed by atoms with Crippen LogP contribution in [0.15, 0.2) is 66.7 Å². The van der Waals surface area contributed by atoms with Crippen molar-refractivity contribution in [3.63, 3.8) is 0 Å². The van der Waals surface area contributed by atoms with Crippen LogP contribution in [0.1, 0.15) is 11.7 Å². The molecule has 5 heteroatoms. The Morgan fingerprint density at radius 2 is 1.76 bits per heavy atom. The van der Waals surface area contributed by atoms with E-state index < -0.39 is 6.10 Å². The van der Waals surface area contributed by atoms with Crippen molar-refractivity contribution in [1.82, 2.24) is 5.32 Å². The lowest BCUT2D eigenvalue weighted by Gasteiger charge is -2.16. The molecular weight excluding hydrogens is 316 g/mol. The number of rotatable bonds is 5. The molecule has 3 aromatic rings. The number of para-hydroxylation sites is 1. The summed E-state index contributed by atoms with van der Waals surface area (Å²) >= 11 is 0. The van der Waals surface area contributed by atoms with Crippen molar-refractivity contribution in [1.29, 1.82) is 0 Å². The molecule has 1 atom stereocenters. The molecule has 0 unspecified atom stereocenters. The number of nitrogens with one attached hydrogen (secondary N) is 2. The Balaban J connectivity index is 1.65. The molecule has 2 amide bonds. The fraction of sp³-hybridized carbons (Fsp3) is 0.150. The first-order chi connectivity index (χ1) is 12.2. The highest BCUT2D eigenvalue weighted by Gasteiger charge is 2.14. The number of hydrogen-bond donors (Lipinski definition) is 3. The zero-order valence-electron chi connectivity index (χ0n) is 13.9. The molecule has 0 saturated carbocycles. The topological polar surface area (TPSA) is 70.6 Å². The molecule has 0 radical (unpaired) electrons. The van der Waals surface area contributed by atoms with Crippen molar-refractivity contribution in [3.8, 4) is 5.75 Å². The summed E-state index contributed by atoms with van der Waals surface area (Å²) in [5, 5.41) is 17.8. The second-order valence-corrected chi connectivity index (χ2v) is 5.62. The molecular formula is C20H20N2O3. The minimum Gasteiger partial charge on any atom is -0.496 e. The van der Waals surface area contributed by atoms with Crippen LogP contribution in [0.2, 0.25) is 0 Å². The third kappa shape index (κ3) is 3.89. The molecule has 0 aliphatic heterocycles. The zero-order valence-corrected chi connectivity index (χ0v) is 13.9. The van der Waals surface area contributed by atoms with Crippen molar-refractivity contribution < 1.29 is 14.6 Å². The summed E-state index contributed by atoms with van der Waals surface area (Å²) < 4.78 is 5.23. The van der Waals surface area contributed by atoms with Crippen LogP contribution in [0, 0.1) is 0 Å².